The molecular formula is C104H125Cl4F3N30O2. The van der Waals surface area contributed by atoms with Crippen molar-refractivity contribution in [2.45, 2.75) is 201 Å². The van der Waals surface area contributed by atoms with Crippen LogP contribution in [0.3, 0.4) is 0 Å². The number of carbonyl (C=O) groups excluding carboxylic acids is 2. The Morgan fingerprint density at radius 2 is 0.769 bits per heavy atom. The molecule has 4 aromatic carbocycles. The summed E-state index contributed by atoms with van der Waals surface area (Å²) in [5.74, 6) is 6.97. The number of hydrogen-bond acceptors (Lipinski definition) is 26. The maximum atomic E-state index is 15.3. The number of piperidine rings is 4. The van der Waals surface area contributed by atoms with Crippen LogP contribution in [0.15, 0.2) is 122 Å². The number of nitrogens with one attached hydrogen (secondary N) is 11. The number of rotatable bonds is 25. The number of pyridine rings is 1. The Balaban J connectivity index is 0.000000131. The third-order valence-electron chi connectivity index (χ3n) is 28.5. The van der Waals surface area contributed by atoms with E-state index in [0.717, 1.165) is 218 Å². The number of aromatic amines is 4. The predicted molar refractivity (Wildman–Crippen MR) is 556 cm³/mol. The maximum absolute atomic E-state index is 15.3. The summed E-state index contributed by atoms with van der Waals surface area (Å²) < 4.78 is 45.5. The number of anilines is 12. The molecule has 2 atom stereocenters. The summed E-state index contributed by atoms with van der Waals surface area (Å²) in [5, 5.41) is 51.3. The minimum absolute atomic E-state index is 0.0178. The number of likely N-dealkylation sites (tertiary alicyclic amines) is 6. The highest BCUT2D eigenvalue weighted by molar-refractivity contribution is 6.34. The first-order valence-electron chi connectivity index (χ1n) is 49.3. The fourth-order valence-corrected chi connectivity index (χ4v) is 21.0. The smallest absolute Gasteiger partial charge is 0.239 e. The first-order chi connectivity index (χ1) is 69.0. The number of likely N-dealkylation sites (N-methyl/N-ethyl adjacent to an activating group) is 2. The first kappa shape index (κ1) is 102. The van der Waals surface area contributed by atoms with Gasteiger partial charge in [-0.25, -0.2) is 43.1 Å². The monoisotopic (exact) mass is 2020 g/mol. The number of hydrogen-bond donors (Lipinski definition) is 11. The van der Waals surface area contributed by atoms with E-state index in [2.05, 4.69) is 186 Å². The van der Waals surface area contributed by atoms with Crippen molar-refractivity contribution in [3.8, 4) is 0 Å². The van der Waals surface area contributed by atoms with Crippen LogP contribution in [0.1, 0.15) is 202 Å². The van der Waals surface area contributed by atoms with Crippen molar-refractivity contribution in [2.24, 2.45) is 0 Å². The number of amides is 2. The van der Waals surface area contributed by atoms with E-state index in [1.165, 1.54) is 46.4 Å². The van der Waals surface area contributed by atoms with Gasteiger partial charge in [-0.2, -0.15) is 30.4 Å². The van der Waals surface area contributed by atoms with Crippen molar-refractivity contribution in [1.82, 2.24) is 120 Å². The Kier molecular flexibility index (Phi) is 33.3. The summed E-state index contributed by atoms with van der Waals surface area (Å²) in [6.45, 7) is 30.4. The van der Waals surface area contributed by atoms with Gasteiger partial charge in [-0.15, -0.1) is 0 Å². The van der Waals surface area contributed by atoms with Gasteiger partial charge in [0.1, 0.15) is 49.2 Å². The lowest BCUT2D eigenvalue weighted by atomic mass is 9.84. The van der Waals surface area contributed by atoms with Crippen molar-refractivity contribution in [1.29, 1.82) is 0 Å². The van der Waals surface area contributed by atoms with Gasteiger partial charge >= 0.3 is 0 Å². The molecule has 20 rings (SSSR count). The van der Waals surface area contributed by atoms with Gasteiger partial charge in [-0.1, -0.05) is 70.7 Å². The van der Waals surface area contributed by atoms with Crippen LogP contribution in [-0.4, -0.2) is 238 Å². The minimum Gasteiger partial charge on any atom is -0.341 e. The number of benzene rings is 4. The molecule has 2 amide bonds. The second-order valence-corrected chi connectivity index (χ2v) is 40.5. The average molecular weight is 2030 g/mol. The molecule has 0 saturated carbocycles. The van der Waals surface area contributed by atoms with Crippen LogP contribution in [0, 0.1) is 79.8 Å². The third kappa shape index (κ3) is 25.9. The van der Waals surface area contributed by atoms with Gasteiger partial charge in [0.25, 0.3) is 0 Å². The van der Waals surface area contributed by atoms with Crippen molar-refractivity contribution in [3.05, 3.63) is 261 Å². The molecule has 11 N–H and O–H groups in total. The lowest BCUT2D eigenvalue weighted by Crippen LogP contribution is -2.58. The van der Waals surface area contributed by atoms with E-state index >= 15 is 13.2 Å². The first-order valence-corrected chi connectivity index (χ1v) is 50.8. The van der Waals surface area contributed by atoms with E-state index < -0.39 is 0 Å². The van der Waals surface area contributed by atoms with Crippen molar-refractivity contribution in [2.75, 3.05) is 125 Å². The largest absolute Gasteiger partial charge is 0.341 e. The number of aromatic nitrogens is 17. The normalized spacial score (nSPS) is 17.6. The molecular weight excluding hydrogens is 1900 g/mol. The van der Waals surface area contributed by atoms with Crippen LogP contribution in [0.2, 0.25) is 20.1 Å². The summed E-state index contributed by atoms with van der Waals surface area (Å²) in [6, 6.07) is 27.4. The highest BCUT2D eigenvalue weighted by atomic mass is 35.5. The Bertz CT molecular complexity index is 6410. The van der Waals surface area contributed by atoms with E-state index in [-0.39, 0.29) is 59.7 Å². The van der Waals surface area contributed by atoms with Crippen LogP contribution in [0.5, 0.6) is 0 Å². The fourth-order valence-electron chi connectivity index (χ4n) is 20.5. The van der Waals surface area contributed by atoms with E-state index in [4.69, 9.17) is 46.4 Å². The van der Waals surface area contributed by atoms with Crippen molar-refractivity contribution < 1.29 is 22.8 Å². The van der Waals surface area contributed by atoms with Gasteiger partial charge in [0.15, 0.2) is 46.5 Å². The zero-order valence-electron chi connectivity index (χ0n) is 82.6. The van der Waals surface area contributed by atoms with Gasteiger partial charge in [0, 0.05) is 124 Å². The number of H-pyrrole nitrogens is 4. The maximum Gasteiger partial charge on any atom is 0.239 e. The quantitative estimate of drug-likeness (QED) is 0.0253. The van der Waals surface area contributed by atoms with E-state index in [9.17, 15) is 9.59 Å². The van der Waals surface area contributed by atoms with Gasteiger partial charge in [0.05, 0.1) is 48.2 Å². The van der Waals surface area contributed by atoms with E-state index in [1.54, 1.807) is 30.6 Å². The van der Waals surface area contributed by atoms with Crippen LogP contribution < -0.4 is 37.2 Å². The molecule has 39 heteroatoms. The van der Waals surface area contributed by atoms with Crippen molar-refractivity contribution in [3.63, 3.8) is 0 Å². The standard InChI is InChI=1S/C28H36ClN7O.C27H33ClFN7O.C26H28ClFN8.C23H28ClFN8/c1-17-13-22(20-7-10-36(11-8-20)28(37)24-6-5-9-35(24)4)18(2)12-21(17)15-25-30-16-23(29)27(31-25)32-26-14-19(3)33-34-26;1-16-11-19(13-24-30-15-21(28)26(31-24)32-25-12-17(2)33-34-25)22(29)14-20(16)18-6-9-36(10-7-18)27(37)23-5-4-8-35(23)3;1-16-10-23(31-26-30-14-21(27)25(33-26)32-24-11-17(2)34-35-24)22(28)12-20(16)19-5-8-36(9-6-19)15-18-4-3-7-29-13-18;1-13-7-20(19(25)9-17(13)15-3-5-33(6-4-15)16-10-26-11-16)28-23-27-12-18(24)22(30-23)29-21-8-14(2)31-32-21/h12-14,16,20,24H,5-11,15H2,1-4H3,(H2,30,31,32,33,34);11-12,14-15,18,23H,4-10,13H2,1-3H3,(H2,30,31,32,33,34);3-4,7,10-14,19H,5-6,8-9,15H2,1-2H3,(H3,30,31,32,33,34,35);7-9,12,15-16,26H,3-6,10-11H2,1-2H3,(H3,27,28,29,30,31,32)/t24-;23-;;/m11../s1. The SMILES string of the molecule is Cc1cc(Nc2nc(Cc3cc(C)c(C4CCN(C(=O)[C@H]5CCCN5C)CC4)cc3C)ncc2Cl)n[nH]1.Cc1cc(Nc2nc(Cc3cc(C)c(C4CCN(C(=O)[C@H]5CCCN5C)CC4)cc3F)ncc2Cl)n[nH]1.Cc1cc(Nc2nc(Nc3cc(C)c(C4CCN(C5CNC5)CC4)cc3F)ncc2Cl)n[nH]1.Cc1cc(Nc2nc(Nc3cc(C)c(C4CCN(Cc5cccnc5)CC4)cc3F)ncc2Cl)n[nH]1. The summed E-state index contributed by atoms with van der Waals surface area (Å²) in [4.78, 5) is 78.8. The molecule has 7 aliphatic heterocycles. The lowest BCUT2D eigenvalue weighted by Gasteiger charge is -2.42. The average Bonchev–Trinajstić information content (AvgIpc) is 1.56. The van der Waals surface area contributed by atoms with Crippen LogP contribution >= 0.6 is 46.4 Å². The van der Waals surface area contributed by atoms with Crippen LogP contribution in [0.4, 0.5) is 83.0 Å². The zero-order valence-corrected chi connectivity index (χ0v) is 85.7. The van der Waals surface area contributed by atoms with Crippen LogP contribution in [0.25, 0.3) is 0 Å². The molecule has 0 unspecified atom stereocenters. The summed E-state index contributed by atoms with van der Waals surface area (Å²) in [6.07, 6.45) is 22.7. The molecule has 752 valence electrons. The number of carbonyl (C=O) groups is 2. The highest BCUT2D eigenvalue weighted by Crippen LogP contribution is 2.41. The minimum atomic E-state index is -0.329. The molecule has 0 bridgehead atoms. The van der Waals surface area contributed by atoms with Gasteiger partial charge < -0.3 is 47.0 Å². The Morgan fingerprint density at radius 1 is 0.399 bits per heavy atom. The van der Waals surface area contributed by atoms with Gasteiger partial charge in [-0.05, 0) is 320 Å². The summed E-state index contributed by atoms with van der Waals surface area (Å²) in [5.41, 5.74) is 17.6. The molecule has 143 heavy (non-hydrogen) atoms. The highest BCUT2D eigenvalue weighted by Gasteiger charge is 2.38. The Hall–Kier alpha value is -12.3. The third-order valence-corrected chi connectivity index (χ3v) is 29.6. The van der Waals surface area contributed by atoms with E-state index in [1.807, 2.05) is 115 Å². The molecule has 0 spiro atoms. The fraction of sp³-hybridized carbons (Fsp3) is 0.433. The van der Waals surface area contributed by atoms with Crippen LogP contribution in [-0.2, 0) is 29.0 Å². The molecule has 0 radical (unpaired) electrons. The molecule has 32 nitrogen and oxygen atoms in total. The van der Waals surface area contributed by atoms with Crippen molar-refractivity contribution >= 4 is 128 Å². The number of halogens is 7. The summed E-state index contributed by atoms with van der Waals surface area (Å²) >= 11 is 25.1. The molecule has 13 aromatic rings. The Labute approximate surface area is 851 Å². The lowest BCUT2D eigenvalue weighted by molar-refractivity contribution is -0.137. The van der Waals surface area contributed by atoms with Gasteiger partial charge in [-0.3, -0.25) is 54.6 Å². The second kappa shape index (κ2) is 46.6. The molecule has 7 fully saturated rings. The number of aryl methyl sites for hydroxylation is 9. The molecule has 9 aromatic heterocycles. The predicted octanol–water partition coefficient (Wildman–Crippen LogP) is 19.8. The molecule has 7 saturated heterocycles. The second-order valence-electron chi connectivity index (χ2n) is 38.9. The van der Waals surface area contributed by atoms with Gasteiger partial charge in [0.2, 0.25) is 23.7 Å². The molecule has 16 heterocycles. The molecule has 7 aliphatic rings. The summed E-state index contributed by atoms with van der Waals surface area (Å²) in [7, 11) is 4.10. The molecule has 0 aliphatic carbocycles. The topological polar surface area (TPSA) is 369 Å². The zero-order chi connectivity index (χ0) is 100. The Morgan fingerprint density at radius 3 is 1.15 bits per heavy atom. The number of nitrogens with zero attached hydrogens (tertiary/aromatic N) is 19. The van der Waals surface area contributed by atoms with E-state index in [0.29, 0.717) is 131 Å².